The van der Waals surface area contributed by atoms with Gasteiger partial charge in [0.15, 0.2) is 5.03 Å². The van der Waals surface area contributed by atoms with Gasteiger partial charge in [-0.05, 0) is 50.3 Å². The van der Waals surface area contributed by atoms with Gasteiger partial charge in [0.1, 0.15) is 11.9 Å². The third-order valence-corrected chi connectivity index (χ3v) is 6.62. The standard InChI is InChI=1S/C20H23F6N3O2S/c1-11-18(32(2,27)30)29-17(28-11)16(12-3-5-13(6-4-12)19(21,22)23)31-15-9-7-14(8-10-15)20(24,25)26/h3-6,14-16,27H,7-10H2,1-2H3,(H,28,29)/t14?,15?,16-,32?/m0/s1. The Morgan fingerprint density at radius 3 is 2.09 bits per heavy atom. The molecule has 1 heterocycles. The molecular weight excluding hydrogens is 460 g/mol. The number of alkyl halides is 6. The van der Waals surface area contributed by atoms with Crippen molar-refractivity contribution in [2.24, 2.45) is 5.92 Å². The van der Waals surface area contributed by atoms with Crippen molar-refractivity contribution < 1.29 is 35.3 Å². The zero-order chi connectivity index (χ0) is 23.9. The van der Waals surface area contributed by atoms with Crippen LogP contribution in [0.2, 0.25) is 0 Å². The maximum absolute atomic E-state index is 13.0. The molecule has 5 nitrogen and oxygen atoms in total. The molecule has 32 heavy (non-hydrogen) atoms. The number of ether oxygens (including phenoxy) is 1. The van der Waals surface area contributed by atoms with E-state index in [4.69, 9.17) is 9.52 Å². The third kappa shape index (κ3) is 5.64. The van der Waals surface area contributed by atoms with Gasteiger partial charge in [0.05, 0.1) is 27.3 Å². The van der Waals surface area contributed by atoms with Gasteiger partial charge in [-0.15, -0.1) is 0 Å². The zero-order valence-corrected chi connectivity index (χ0v) is 18.1. The number of nitrogens with zero attached hydrogens (tertiary/aromatic N) is 1. The summed E-state index contributed by atoms with van der Waals surface area (Å²) in [5.41, 5.74) is -0.197. The summed E-state index contributed by atoms with van der Waals surface area (Å²) in [5, 5.41) is -0.00575. The fraction of sp³-hybridized carbons (Fsp3) is 0.550. The summed E-state index contributed by atoms with van der Waals surface area (Å²) in [6.45, 7) is 1.56. The van der Waals surface area contributed by atoms with Gasteiger partial charge >= 0.3 is 12.4 Å². The molecule has 0 amide bonds. The Hall–Kier alpha value is -2.08. The molecular formula is C20H23F6N3O2S. The average Bonchev–Trinajstić information content (AvgIpc) is 3.07. The number of benzene rings is 1. The Bertz CT molecular complexity index is 1040. The summed E-state index contributed by atoms with van der Waals surface area (Å²) in [6, 6.07) is 4.21. The lowest BCUT2D eigenvalue weighted by Crippen LogP contribution is -2.31. The van der Waals surface area contributed by atoms with E-state index in [0.717, 1.165) is 12.1 Å². The summed E-state index contributed by atoms with van der Waals surface area (Å²) < 4.78 is 104. The lowest BCUT2D eigenvalue weighted by atomic mass is 9.87. The van der Waals surface area contributed by atoms with E-state index in [1.807, 2.05) is 0 Å². The summed E-state index contributed by atoms with van der Waals surface area (Å²) >= 11 is 0. The molecule has 12 heteroatoms. The van der Waals surface area contributed by atoms with Crippen LogP contribution < -0.4 is 0 Å². The van der Waals surface area contributed by atoms with Crippen LogP contribution in [0.5, 0.6) is 0 Å². The zero-order valence-electron chi connectivity index (χ0n) is 17.3. The van der Waals surface area contributed by atoms with Crippen molar-refractivity contribution >= 4 is 9.73 Å². The lowest BCUT2D eigenvalue weighted by Gasteiger charge is -2.32. The number of nitrogens with one attached hydrogen (secondary N) is 2. The molecule has 2 aromatic rings. The molecule has 178 valence electrons. The van der Waals surface area contributed by atoms with E-state index in [9.17, 15) is 30.6 Å². The molecule has 2 atom stereocenters. The van der Waals surface area contributed by atoms with Crippen LogP contribution in [-0.4, -0.2) is 32.7 Å². The summed E-state index contributed by atoms with van der Waals surface area (Å²) in [5.74, 6) is -1.27. The van der Waals surface area contributed by atoms with Crippen molar-refractivity contribution in [3.05, 3.63) is 46.9 Å². The molecule has 1 aromatic carbocycles. The maximum atomic E-state index is 13.0. The van der Waals surface area contributed by atoms with E-state index < -0.39 is 45.8 Å². The van der Waals surface area contributed by atoms with Crippen LogP contribution in [0.1, 0.15) is 54.4 Å². The van der Waals surface area contributed by atoms with E-state index in [1.165, 1.54) is 18.4 Å². The molecule has 0 aliphatic heterocycles. The first-order valence-corrected chi connectivity index (χ1v) is 11.8. The number of aromatic nitrogens is 2. The highest BCUT2D eigenvalue weighted by atomic mass is 32.2. The van der Waals surface area contributed by atoms with E-state index >= 15 is 0 Å². The summed E-state index contributed by atoms with van der Waals surface area (Å²) in [4.78, 5) is 7.08. The van der Waals surface area contributed by atoms with Gasteiger partial charge in [-0.2, -0.15) is 26.3 Å². The van der Waals surface area contributed by atoms with Crippen molar-refractivity contribution in [1.82, 2.24) is 9.97 Å². The molecule has 0 radical (unpaired) electrons. The number of imidazole rings is 1. The minimum Gasteiger partial charge on any atom is -0.362 e. The highest BCUT2D eigenvalue weighted by Gasteiger charge is 2.42. The first-order valence-electron chi connectivity index (χ1n) is 9.86. The number of aromatic amines is 1. The van der Waals surface area contributed by atoms with Crippen LogP contribution in [0.15, 0.2) is 29.3 Å². The van der Waals surface area contributed by atoms with Crippen LogP contribution >= 0.6 is 0 Å². The monoisotopic (exact) mass is 483 g/mol. The van der Waals surface area contributed by atoms with Crippen molar-refractivity contribution in [1.29, 1.82) is 4.78 Å². The van der Waals surface area contributed by atoms with Crippen molar-refractivity contribution in [2.75, 3.05) is 6.26 Å². The topological polar surface area (TPSA) is 78.8 Å². The smallest absolute Gasteiger partial charge is 0.362 e. The van der Waals surface area contributed by atoms with E-state index in [1.54, 1.807) is 6.92 Å². The summed E-state index contributed by atoms with van der Waals surface area (Å²) in [7, 11) is -3.18. The molecule has 0 saturated heterocycles. The van der Waals surface area contributed by atoms with E-state index in [2.05, 4.69) is 9.97 Å². The molecule has 3 rings (SSSR count). The van der Waals surface area contributed by atoms with Crippen molar-refractivity contribution in [2.45, 2.75) is 62.2 Å². The second kappa shape index (κ2) is 8.69. The minimum absolute atomic E-state index is 0.00575. The highest BCUT2D eigenvalue weighted by molar-refractivity contribution is 7.91. The Balaban J connectivity index is 1.91. The van der Waals surface area contributed by atoms with Crippen LogP contribution in [0.3, 0.4) is 0 Å². The molecule has 1 unspecified atom stereocenters. The minimum atomic E-state index is -4.53. The maximum Gasteiger partial charge on any atom is 0.416 e. The first-order chi connectivity index (χ1) is 14.7. The molecule has 1 saturated carbocycles. The van der Waals surface area contributed by atoms with Crippen LogP contribution in [0, 0.1) is 17.6 Å². The number of aryl methyl sites for hydroxylation is 1. The molecule has 1 aliphatic rings. The molecule has 1 aromatic heterocycles. The summed E-state index contributed by atoms with van der Waals surface area (Å²) in [6.07, 6.45) is -9.13. The van der Waals surface area contributed by atoms with Gasteiger partial charge in [0.25, 0.3) is 0 Å². The van der Waals surface area contributed by atoms with Crippen molar-refractivity contribution in [3.8, 4) is 0 Å². The van der Waals surface area contributed by atoms with E-state index in [0.29, 0.717) is 11.3 Å². The number of hydrogen-bond acceptors (Lipinski definition) is 4. The van der Waals surface area contributed by atoms with Gasteiger partial charge in [-0.1, -0.05) is 12.1 Å². The third-order valence-electron chi connectivity index (χ3n) is 5.48. The second-order valence-corrected chi connectivity index (χ2v) is 10.1. The highest BCUT2D eigenvalue weighted by Crippen LogP contribution is 2.40. The second-order valence-electron chi connectivity index (χ2n) is 8.05. The largest absolute Gasteiger partial charge is 0.416 e. The van der Waals surface area contributed by atoms with Gasteiger partial charge in [-0.25, -0.2) is 14.0 Å². The van der Waals surface area contributed by atoms with Gasteiger partial charge < -0.3 is 9.72 Å². The van der Waals surface area contributed by atoms with Crippen LogP contribution in [0.4, 0.5) is 26.3 Å². The quantitative estimate of drug-likeness (QED) is 0.512. The SMILES string of the molecule is Cc1[nH]c([C@@H](OC2CCC(C(F)(F)F)CC2)c2ccc(C(F)(F)F)cc2)nc1S(C)(=N)=O. The number of rotatable bonds is 5. The first kappa shape index (κ1) is 24.6. The van der Waals surface area contributed by atoms with Gasteiger partial charge in [0, 0.05) is 11.9 Å². The number of halogens is 6. The molecule has 1 aliphatic carbocycles. The van der Waals surface area contributed by atoms with Crippen molar-refractivity contribution in [3.63, 3.8) is 0 Å². The predicted octanol–water partition coefficient (Wildman–Crippen LogP) is 6.00. The Labute approximate surface area is 181 Å². The fourth-order valence-corrected chi connectivity index (χ4v) is 4.74. The normalized spacial score (nSPS) is 23.0. The Kier molecular flexibility index (Phi) is 6.67. The van der Waals surface area contributed by atoms with Gasteiger partial charge in [-0.3, -0.25) is 0 Å². The van der Waals surface area contributed by atoms with Crippen LogP contribution in [-0.2, 0) is 20.6 Å². The predicted molar refractivity (Wildman–Crippen MR) is 105 cm³/mol. The Morgan fingerprint density at radius 1 is 1.09 bits per heavy atom. The van der Waals surface area contributed by atoms with Crippen LogP contribution in [0.25, 0.3) is 0 Å². The average molecular weight is 483 g/mol. The molecule has 2 N–H and O–H groups in total. The van der Waals surface area contributed by atoms with Gasteiger partial charge in [0.2, 0.25) is 0 Å². The number of H-pyrrole nitrogens is 1. The number of hydrogen-bond donors (Lipinski definition) is 2. The molecule has 1 fully saturated rings. The lowest BCUT2D eigenvalue weighted by molar-refractivity contribution is -0.188. The Morgan fingerprint density at radius 2 is 1.66 bits per heavy atom. The fourth-order valence-electron chi connectivity index (χ4n) is 3.84. The van der Waals surface area contributed by atoms with E-state index in [-0.39, 0.29) is 36.5 Å². The molecule has 0 bridgehead atoms. The molecule has 0 spiro atoms.